The van der Waals surface area contributed by atoms with Crippen LogP contribution in [0.4, 0.5) is 0 Å². The van der Waals surface area contributed by atoms with Crippen LogP contribution in [-0.2, 0) is 0 Å². The van der Waals surface area contributed by atoms with Crippen LogP contribution in [0.1, 0.15) is 30.3 Å². The molecule has 1 saturated carbocycles. The van der Waals surface area contributed by atoms with Crippen molar-refractivity contribution in [2.24, 2.45) is 0 Å². The number of halogens is 1. The third-order valence-electron chi connectivity index (χ3n) is 3.47. The number of nitrogens with zero attached hydrogens (tertiary/aromatic N) is 2. The van der Waals surface area contributed by atoms with E-state index in [0.29, 0.717) is 16.8 Å². The topological polar surface area (TPSA) is 33.2 Å². The molecule has 0 atom stereocenters. The maximum absolute atomic E-state index is 12.5. The zero-order chi connectivity index (χ0) is 13.4. The van der Waals surface area contributed by atoms with Crippen molar-refractivity contribution >= 4 is 28.4 Å². The van der Waals surface area contributed by atoms with Crippen molar-refractivity contribution in [2.75, 3.05) is 6.54 Å². The summed E-state index contributed by atoms with van der Waals surface area (Å²) in [5, 5.41) is 1.47. The maximum Gasteiger partial charge on any atom is 0.272 e. The summed E-state index contributed by atoms with van der Waals surface area (Å²) in [6.45, 7) is 2.72. The second-order valence-electron chi connectivity index (χ2n) is 4.83. The van der Waals surface area contributed by atoms with E-state index in [1.54, 1.807) is 6.07 Å². The van der Waals surface area contributed by atoms with Crippen molar-refractivity contribution in [1.29, 1.82) is 0 Å². The molecule has 0 unspecified atom stereocenters. The lowest BCUT2D eigenvalue weighted by atomic mass is 10.2. The van der Waals surface area contributed by atoms with E-state index < -0.39 is 0 Å². The number of pyridine rings is 1. The highest BCUT2D eigenvalue weighted by molar-refractivity contribution is 6.35. The maximum atomic E-state index is 12.5. The highest BCUT2D eigenvalue weighted by atomic mass is 35.5. The van der Waals surface area contributed by atoms with Gasteiger partial charge in [-0.2, -0.15) is 0 Å². The molecule has 1 aliphatic rings. The van der Waals surface area contributed by atoms with Crippen LogP contribution in [0, 0.1) is 0 Å². The number of para-hydroxylation sites is 1. The Kier molecular flexibility index (Phi) is 3.15. The van der Waals surface area contributed by atoms with Crippen molar-refractivity contribution in [3.05, 3.63) is 41.0 Å². The number of carbonyl (C=O) groups excluding carboxylic acids is 1. The molecule has 0 radical (unpaired) electrons. The largest absolute Gasteiger partial charge is 0.335 e. The number of rotatable bonds is 3. The minimum Gasteiger partial charge on any atom is -0.335 e. The molecule has 1 fully saturated rings. The molecular formula is C15H15ClN2O. The van der Waals surface area contributed by atoms with Crippen LogP contribution in [0.5, 0.6) is 0 Å². The Balaban J connectivity index is 2.02. The Morgan fingerprint density at radius 1 is 1.42 bits per heavy atom. The van der Waals surface area contributed by atoms with Gasteiger partial charge in [0.25, 0.3) is 5.91 Å². The first-order valence-electron chi connectivity index (χ1n) is 6.57. The van der Waals surface area contributed by atoms with Crippen LogP contribution < -0.4 is 0 Å². The van der Waals surface area contributed by atoms with Crippen molar-refractivity contribution in [3.8, 4) is 0 Å². The fourth-order valence-corrected chi connectivity index (χ4v) is 2.61. The van der Waals surface area contributed by atoms with E-state index in [1.807, 2.05) is 36.1 Å². The summed E-state index contributed by atoms with van der Waals surface area (Å²) in [4.78, 5) is 18.8. The molecule has 98 valence electrons. The Morgan fingerprint density at radius 2 is 2.16 bits per heavy atom. The molecule has 1 amide bonds. The third-order valence-corrected chi connectivity index (χ3v) is 3.79. The van der Waals surface area contributed by atoms with E-state index in [-0.39, 0.29) is 5.91 Å². The standard InChI is InChI=1S/C15H15ClN2O/c1-2-18(10-7-8-10)15(19)14-9-12(16)11-5-3-4-6-13(11)17-14/h3-6,9-10H,2,7-8H2,1H3. The van der Waals surface area contributed by atoms with E-state index in [9.17, 15) is 4.79 Å². The van der Waals surface area contributed by atoms with Gasteiger partial charge < -0.3 is 4.90 Å². The molecule has 4 heteroatoms. The first-order valence-corrected chi connectivity index (χ1v) is 6.94. The SMILES string of the molecule is CCN(C(=O)c1cc(Cl)c2ccccc2n1)C1CC1. The first kappa shape index (κ1) is 12.4. The number of hydrogen-bond donors (Lipinski definition) is 0. The van der Waals surface area contributed by atoms with Gasteiger partial charge in [0.15, 0.2) is 0 Å². The smallest absolute Gasteiger partial charge is 0.272 e. The number of carbonyl (C=O) groups is 1. The number of fused-ring (bicyclic) bond motifs is 1. The Hall–Kier alpha value is -1.61. The fourth-order valence-electron chi connectivity index (χ4n) is 2.34. The van der Waals surface area contributed by atoms with Gasteiger partial charge in [0.05, 0.1) is 10.5 Å². The van der Waals surface area contributed by atoms with Crippen LogP contribution in [0.25, 0.3) is 10.9 Å². The number of amides is 1. The summed E-state index contributed by atoms with van der Waals surface area (Å²) >= 11 is 6.24. The molecule has 1 aromatic heterocycles. The molecule has 1 aliphatic carbocycles. The minimum atomic E-state index is -0.0161. The molecule has 0 bridgehead atoms. The van der Waals surface area contributed by atoms with E-state index >= 15 is 0 Å². The molecule has 0 N–H and O–H groups in total. The van der Waals surface area contributed by atoms with Gasteiger partial charge in [-0.25, -0.2) is 4.98 Å². The van der Waals surface area contributed by atoms with E-state index in [4.69, 9.17) is 11.6 Å². The number of hydrogen-bond acceptors (Lipinski definition) is 2. The lowest BCUT2D eigenvalue weighted by Crippen LogP contribution is -2.33. The predicted molar refractivity (Wildman–Crippen MR) is 76.5 cm³/mol. The normalized spacial score (nSPS) is 14.6. The average Bonchev–Trinajstić information content (AvgIpc) is 3.24. The molecule has 0 aliphatic heterocycles. The van der Waals surface area contributed by atoms with Gasteiger partial charge in [-0.05, 0) is 31.9 Å². The summed E-state index contributed by atoms with van der Waals surface area (Å²) in [5.41, 5.74) is 1.21. The van der Waals surface area contributed by atoms with Crippen molar-refractivity contribution < 1.29 is 4.79 Å². The van der Waals surface area contributed by atoms with Crippen LogP contribution in [-0.4, -0.2) is 28.4 Å². The van der Waals surface area contributed by atoms with Gasteiger partial charge >= 0.3 is 0 Å². The fraction of sp³-hybridized carbons (Fsp3) is 0.333. The zero-order valence-electron chi connectivity index (χ0n) is 10.8. The first-order chi connectivity index (χ1) is 9.20. The molecule has 0 saturated heterocycles. The minimum absolute atomic E-state index is 0.0161. The second-order valence-corrected chi connectivity index (χ2v) is 5.24. The van der Waals surface area contributed by atoms with Gasteiger partial charge in [0, 0.05) is 18.0 Å². The molecule has 1 heterocycles. The van der Waals surface area contributed by atoms with Crippen molar-refractivity contribution in [1.82, 2.24) is 9.88 Å². The van der Waals surface area contributed by atoms with Gasteiger partial charge in [-0.3, -0.25) is 4.79 Å². The van der Waals surface area contributed by atoms with Crippen LogP contribution in [0.3, 0.4) is 0 Å². The molecule has 1 aromatic carbocycles. The lowest BCUT2D eigenvalue weighted by Gasteiger charge is -2.20. The number of benzene rings is 1. The average molecular weight is 275 g/mol. The molecule has 0 spiro atoms. The Morgan fingerprint density at radius 3 is 2.84 bits per heavy atom. The Bertz CT molecular complexity index is 637. The predicted octanol–water partition coefficient (Wildman–Crippen LogP) is 3.51. The number of aromatic nitrogens is 1. The highest BCUT2D eigenvalue weighted by Crippen LogP contribution is 2.29. The molecule has 2 aromatic rings. The van der Waals surface area contributed by atoms with Gasteiger partial charge in [0.1, 0.15) is 5.69 Å². The summed E-state index contributed by atoms with van der Waals surface area (Å²) in [7, 11) is 0. The molecular weight excluding hydrogens is 260 g/mol. The van der Waals surface area contributed by atoms with Crippen LogP contribution >= 0.6 is 11.6 Å². The van der Waals surface area contributed by atoms with Gasteiger partial charge in [-0.1, -0.05) is 29.8 Å². The summed E-state index contributed by atoms with van der Waals surface area (Å²) < 4.78 is 0. The molecule has 3 nitrogen and oxygen atoms in total. The third kappa shape index (κ3) is 2.30. The van der Waals surface area contributed by atoms with E-state index in [0.717, 1.165) is 30.3 Å². The van der Waals surface area contributed by atoms with Crippen LogP contribution in [0.15, 0.2) is 30.3 Å². The summed E-state index contributed by atoms with van der Waals surface area (Å²) in [6.07, 6.45) is 2.20. The summed E-state index contributed by atoms with van der Waals surface area (Å²) in [6, 6.07) is 9.68. The lowest BCUT2D eigenvalue weighted by molar-refractivity contribution is 0.0747. The second kappa shape index (κ2) is 4.82. The summed E-state index contributed by atoms with van der Waals surface area (Å²) in [5.74, 6) is -0.0161. The van der Waals surface area contributed by atoms with Crippen LogP contribution in [0.2, 0.25) is 5.02 Å². The van der Waals surface area contributed by atoms with Crippen molar-refractivity contribution in [2.45, 2.75) is 25.8 Å². The van der Waals surface area contributed by atoms with Crippen molar-refractivity contribution in [3.63, 3.8) is 0 Å². The Labute approximate surface area is 117 Å². The zero-order valence-corrected chi connectivity index (χ0v) is 11.5. The highest BCUT2D eigenvalue weighted by Gasteiger charge is 2.32. The molecule has 19 heavy (non-hydrogen) atoms. The molecule has 3 rings (SSSR count). The quantitative estimate of drug-likeness (QED) is 0.858. The van der Waals surface area contributed by atoms with E-state index in [1.165, 1.54) is 0 Å². The van der Waals surface area contributed by atoms with E-state index in [2.05, 4.69) is 4.98 Å². The van der Waals surface area contributed by atoms with Gasteiger partial charge in [0.2, 0.25) is 0 Å². The van der Waals surface area contributed by atoms with Gasteiger partial charge in [-0.15, -0.1) is 0 Å². The monoisotopic (exact) mass is 274 g/mol.